The predicted octanol–water partition coefficient (Wildman–Crippen LogP) is 5.98. The van der Waals surface area contributed by atoms with E-state index in [4.69, 9.17) is 10.5 Å². The number of nitrogens with two attached hydrogens (primary N) is 1. The van der Waals surface area contributed by atoms with Gasteiger partial charge in [-0.3, -0.25) is 18.7 Å². The maximum Gasteiger partial charge on any atom is 0.417 e. The summed E-state index contributed by atoms with van der Waals surface area (Å²) in [5.41, 5.74) is 6.18. The fourth-order valence-electron chi connectivity index (χ4n) is 6.11. The number of alkyl halides is 3. The molecule has 1 aliphatic heterocycles. The van der Waals surface area contributed by atoms with Crippen LogP contribution in [-0.2, 0) is 25.8 Å². The van der Waals surface area contributed by atoms with Gasteiger partial charge >= 0.3 is 11.9 Å². The SMILES string of the molecule is C[C@H]1Cn2c(c(C(=O)NCc3ccccc3-c3nccc(N)n3)n(-c3ccc(OC4CC4)cc3)c2=O)CN1C(=O)c1ccc(Br)c(C(F)(F)F)c1. The van der Waals surface area contributed by atoms with Gasteiger partial charge in [-0.15, -0.1) is 0 Å². The number of imidazole rings is 1. The Morgan fingerprint density at radius 3 is 2.51 bits per heavy atom. The van der Waals surface area contributed by atoms with Crippen molar-refractivity contribution < 1.29 is 27.5 Å². The molecule has 15 heteroatoms. The minimum Gasteiger partial charge on any atom is -0.490 e. The van der Waals surface area contributed by atoms with Crippen LogP contribution in [0, 0.1) is 0 Å². The molecule has 51 heavy (non-hydrogen) atoms. The third-order valence-corrected chi connectivity index (χ3v) is 9.53. The Balaban J connectivity index is 1.26. The number of amides is 2. The number of benzene rings is 3. The van der Waals surface area contributed by atoms with Crippen molar-refractivity contribution in [2.75, 3.05) is 5.73 Å². The molecular formula is C36H31BrF3N7O4. The Kier molecular flexibility index (Phi) is 8.91. The lowest BCUT2D eigenvalue weighted by Gasteiger charge is -2.34. The maximum absolute atomic E-state index is 14.2. The van der Waals surface area contributed by atoms with Crippen molar-refractivity contribution in [3.63, 3.8) is 0 Å². The van der Waals surface area contributed by atoms with Gasteiger partial charge in [0.15, 0.2) is 5.82 Å². The first-order valence-corrected chi connectivity index (χ1v) is 16.9. The lowest BCUT2D eigenvalue weighted by atomic mass is 10.1. The van der Waals surface area contributed by atoms with Crippen LogP contribution in [0.1, 0.15) is 57.4 Å². The number of aromatic nitrogens is 4. The number of hydrogen-bond donors (Lipinski definition) is 2. The molecular weight excluding hydrogens is 731 g/mol. The molecule has 0 unspecified atom stereocenters. The second-order valence-electron chi connectivity index (χ2n) is 12.5. The van der Waals surface area contributed by atoms with Gasteiger partial charge in [0.05, 0.1) is 29.6 Å². The highest BCUT2D eigenvalue weighted by atomic mass is 79.9. The summed E-state index contributed by atoms with van der Waals surface area (Å²) in [6, 6.07) is 18.3. The van der Waals surface area contributed by atoms with Gasteiger partial charge in [0.25, 0.3) is 11.8 Å². The number of nitrogens with one attached hydrogen (secondary N) is 1. The van der Waals surface area contributed by atoms with Crippen LogP contribution in [0.25, 0.3) is 17.1 Å². The van der Waals surface area contributed by atoms with Gasteiger partial charge in [-0.05, 0) is 73.9 Å². The third kappa shape index (κ3) is 6.85. The monoisotopic (exact) mass is 761 g/mol. The Hall–Kier alpha value is -5.44. The number of fused-ring (bicyclic) bond motifs is 1. The van der Waals surface area contributed by atoms with E-state index in [1.54, 1.807) is 55.5 Å². The molecule has 11 nitrogen and oxygen atoms in total. The van der Waals surface area contributed by atoms with E-state index in [1.807, 2.05) is 6.07 Å². The summed E-state index contributed by atoms with van der Waals surface area (Å²) in [5, 5.41) is 2.92. The molecule has 0 spiro atoms. The molecule has 0 radical (unpaired) electrons. The van der Waals surface area contributed by atoms with Gasteiger partial charge in [0.2, 0.25) is 0 Å². The Labute approximate surface area is 298 Å². The minimum atomic E-state index is -4.69. The number of hydrogen-bond acceptors (Lipinski definition) is 7. The lowest BCUT2D eigenvalue weighted by Crippen LogP contribution is -2.47. The van der Waals surface area contributed by atoms with E-state index in [0.29, 0.717) is 28.4 Å². The first kappa shape index (κ1) is 34.0. The van der Waals surface area contributed by atoms with Crippen LogP contribution in [0.2, 0.25) is 0 Å². The van der Waals surface area contributed by atoms with E-state index < -0.39 is 35.3 Å². The second-order valence-corrected chi connectivity index (χ2v) is 13.3. The first-order valence-electron chi connectivity index (χ1n) is 16.1. The van der Waals surface area contributed by atoms with Gasteiger partial charge in [0, 0.05) is 40.9 Å². The predicted molar refractivity (Wildman–Crippen MR) is 185 cm³/mol. The molecule has 3 heterocycles. The fourth-order valence-corrected chi connectivity index (χ4v) is 6.58. The van der Waals surface area contributed by atoms with Crippen LogP contribution in [0.3, 0.4) is 0 Å². The van der Waals surface area contributed by atoms with Crippen molar-refractivity contribution in [3.8, 4) is 22.8 Å². The van der Waals surface area contributed by atoms with Gasteiger partial charge in [-0.2, -0.15) is 13.2 Å². The smallest absolute Gasteiger partial charge is 0.417 e. The molecule has 2 aromatic heterocycles. The van der Waals surface area contributed by atoms with Crippen molar-refractivity contribution in [3.05, 3.63) is 122 Å². The summed E-state index contributed by atoms with van der Waals surface area (Å²) in [6.45, 7) is 1.53. The zero-order valence-corrected chi connectivity index (χ0v) is 28.7. The minimum absolute atomic E-state index is 0.00825. The second kappa shape index (κ2) is 13.4. The number of nitrogen functional groups attached to an aromatic ring is 1. The molecule has 0 bridgehead atoms. The van der Waals surface area contributed by atoms with Gasteiger partial charge in [-0.25, -0.2) is 14.8 Å². The van der Waals surface area contributed by atoms with Crippen LogP contribution >= 0.6 is 15.9 Å². The maximum atomic E-state index is 14.2. The third-order valence-electron chi connectivity index (χ3n) is 8.84. The fraction of sp³-hybridized carbons (Fsp3) is 0.250. The molecule has 3 aromatic carbocycles. The number of anilines is 1. The topological polar surface area (TPSA) is 137 Å². The number of halogens is 4. The molecule has 5 aromatic rings. The number of nitrogens with zero attached hydrogens (tertiary/aromatic N) is 5. The zero-order chi connectivity index (χ0) is 36.0. The van der Waals surface area contributed by atoms with E-state index in [2.05, 4.69) is 31.2 Å². The molecule has 3 N–H and O–H groups in total. The van der Waals surface area contributed by atoms with E-state index >= 15 is 0 Å². The molecule has 1 saturated carbocycles. The summed E-state index contributed by atoms with van der Waals surface area (Å²) in [6.07, 6.45) is -1.06. The molecule has 1 atom stereocenters. The van der Waals surface area contributed by atoms with Gasteiger partial charge in [-0.1, -0.05) is 40.2 Å². The molecule has 0 saturated heterocycles. The van der Waals surface area contributed by atoms with E-state index in [0.717, 1.165) is 18.9 Å². The van der Waals surface area contributed by atoms with Crippen LogP contribution in [-0.4, -0.2) is 48.0 Å². The molecule has 2 aliphatic rings. The van der Waals surface area contributed by atoms with Crippen molar-refractivity contribution >= 4 is 33.6 Å². The highest BCUT2D eigenvalue weighted by Gasteiger charge is 2.37. The Morgan fingerprint density at radius 2 is 1.80 bits per heavy atom. The standard InChI is InChI=1S/C36H31BrF3N7O4/c1-20-18-46-29(19-45(20)34(49)21-6-13-28(37)27(16-21)36(38,39)40)31(47(35(46)50)23-7-9-24(10-8-23)51-25-11-12-25)33(48)43-17-22-4-2-3-5-26(22)32-42-15-14-30(41)44-32/h2-10,13-16,20,25H,11-12,17-19H2,1H3,(H,43,48)(H2,41,42,44)/t20-/m0/s1. The molecule has 1 fully saturated rings. The molecule has 262 valence electrons. The first-order chi connectivity index (χ1) is 24.4. The zero-order valence-electron chi connectivity index (χ0n) is 27.2. The van der Waals surface area contributed by atoms with E-state index in [9.17, 15) is 27.6 Å². The average Bonchev–Trinajstić information content (AvgIpc) is 3.88. The van der Waals surface area contributed by atoms with Crippen molar-refractivity contribution in [2.45, 2.75) is 57.7 Å². The van der Waals surface area contributed by atoms with Crippen molar-refractivity contribution in [1.82, 2.24) is 29.3 Å². The summed E-state index contributed by atoms with van der Waals surface area (Å²) >= 11 is 2.92. The number of rotatable bonds is 8. The quantitative estimate of drug-likeness (QED) is 0.199. The average molecular weight is 763 g/mol. The van der Waals surface area contributed by atoms with Crippen molar-refractivity contribution in [1.29, 1.82) is 0 Å². The Bertz CT molecular complexity index is 2210. The number of ether oxygens (including phenoxy) is 1. The highest BCUT2D eigenvalue weighted by molar-refractivity contribution is 9.10. The molecule has 2 amide bonds. The summed E-state index contributed by atoms with van der Waals surface area (Å²) in [5.74, 6) is 0.00494. The van der Waals surface area contributed by atoms with Gasteiger partial charge < -0.3 is 20.7 Å². The van der Waals surface area contributed by atoms with Crippen LogP contribution in [0.5, 0.6) is 5.75 Å². The Morgan fingerprint density at radius 1 is 1.06 bits per heavy atom. The van der Waals surface area contributed by atoms with Gasteiger partial charge in [0.1, 0.15) is 17.3 Å². The lowest BCUT2D eigenvalue weighted by molar-refractivity contribution is -0.138. The normalized spacial score (nSPS) is 15.7. The summed E-state index contributed by atoms with van der Waals surface area (Å²) < 4.78 is 49.6. The van der Waals surface area contributed by atoms with Crippen LogP contribution < -0.4 is 21.5 Å². The number of carbonyl (C=O) groups is 2. The van der Waals surface area contributed by atoms with Crippen LogP contribution in [0.15, 0.2) is 88.3 Å². The highest BCUT2D eigenvalue weighted by Crippen LogP contribution is 2.36. The largest absolute Gasteiger partial charge is 0.490 e. The van der Waals surface area contributed by atoms with E-state index in [-0.39, 0.29) is 53.0 Å². The summed E-state index contributed by atoms with van der Waals surface area (Å²) in [7, 11) is 0. The molecule has 7 rings (SSSR count). The van der Waals surface area contributed by atoms with Crippen LogP contribution in [0.4, 0.5) is 19.0 Å². The van der Waals surface area contributed by atoms with E-state index in [1.165, 1.54) is 32.4 Å². The number of carbonyl (C=O) groups excluding carboxylic acids is 2. The molecule has 1 aliphatic carbocycles. The summed E-state index contributed by atoms with van der Waals surface area (Å²) in [4.78, 5) is 52.1. The van der Waals surface area contributed by atoms with Crippen molar-refractivity contribution in [2.24, 2.45) is 0 Å².